The molecule has 1 aliphatic carbocycles. The number of benzene rings is 2. The van der Waals surface area contributed by atoms with Crippen molar-refractivity contribution in [3.63, 3.8) is 0 Å². The molecule has 2 aliphatic rings. The Labute approximate surface area is 197 Å². The summed E-state index contributed by atoms with van der Waals surface area (Å²) in [5.74, 6) is 1.87. The van der Waals surface area contributed by atoms with Gasteiger partial charge in [-0.1, -0.05) is 18.2 Å². The Morgan fingerprint density at radius 1 is 1.00 bits per heavy atom. The minimum Gasteiger partial charge on any atom is -0.490 e. The second-order valence-corrected chi connectivity index (χ2v) is 10.5. The van der Waals surface area contributed by atoms with Crippen LogP contribution in [0.15, 0.2) is 36.4 Å². The van der Waals surface area contributed by atoms with Crippen LogP contribution in [0.3, 0.4) is 0 Å². The lowest BCUT2D eigenvalue weighted by Gasteiger charge is -2.31. The van der Waals surface area contributed by atoms with Gasteiger partial charge in [-0.05, 0) is 114 Å². The lowest BCUT2D eigenvalue weighted by molar-refractivity contribution is 0.0471. The third-order valence-electron chi connectivity index (χ3n) is 6.54. The van der Waals surface area contributed by atoms with E-state index in [4.69, 9.17) is 14.2 Å². The van der Waals surface area contributed by atoms with Crippen LogP contribution in [-0.2, 0) is 11.2 Å². The SMILES string of the molecule is Cc1cccc(C)c1C1CCc2cc(O[C@H]3CC[C@H](NC(=O)OC(C)(C)C)CC3)ccc2O1. The Kier molecular flexibility index (Phi) is 6.87. The van der Waals surface area contributed by atoms with Crippen LogP contribution >= 0.6 is 0 Å². The van der Waals surface area contributed by atoms with Crippen molar-refractivity contribution in [3.8, 4) is 11.5 Å². The molecule has 5 heteroatoms. The predicted octanol–water partition coefficient (Wildman–Crippen LogP) is 6.58. The first-order chi connectivity index (χ1) is 15.7. The molecule has 1 N–H and O–H groups in total. The molecule has 1 saturated carbocycles. The molecule has 1 aliphatic heterocycles. The summed E-state index contributed by atoms with van der Waals surface area (Å²) in [5, 5.41) is 2.99. The van der Waals surface area contributed by atoms with Crippen LogP contribution in [-0.4, -0.2) is 23.8 Å². The van der Waals surface area contributed by atoms with E-state index in [1.54, 1.807) is 0 Å². The number of ether oxygens (including phenoxy) is 3. The fourth-order valence-corrected chi connectivity index (χ4v) is 4.97. The Hall–Kier alpha value is -2.69. The second-order valence-electron chi connectivity index (χ2n) is 10.5. The third-order valence-corrected chi connectivity index (χ3v) is 6.54. The highest BCUT2D eigenvalue weighted by Crippen LogP contribution is 2.39. The summed E-state index contributed by atoms with van der Waals surface area (Å²) in [7, 11) is 0. The molecule has 0 bridgehead atoms. The second kappa shape index (κ2) is 9.66. The van der Waals surface area contributed by atoms with E-state index >= 15 is 0 Å². The van der Waals surface area contributed by atoms with E-state index in [0.717, 1.165) is 50.0 Å². The summed E-state index contributed by atoms with van der Waals surface area (Å²) in [4.78, 5) is 12.0. The molecule has 33 heavy (non-hydrogen) atoms. The number of carbonyl (C=O) groups is 1. The first kappa shape index (κ1) is 23.5. The van der Waals surface area contributed by atoms with E-state index in [-0.39, 0.29) is 24.3 Å². The van der Waals surface area contributed by atoms with Crippen LogP contribution in [0.4, 0.5) is 4.79 Å². The van der Waals surface area contributed by atoms with Gasteiger partial charge < -0.3 is 19.5 Å². The molecular weight excluding hydrogens is 414 g/mol. The summed E-state index contributed by atoms with van der Waals surface area (Å²) >= 11 is 0. The fourth-order valence-electron chi connectivity index (χ4n) is 4.97. The molecule has 1 fully saturated rings. The van der Waals surface area contributed by atoms with Gasteiger partial charge in [0.15, 0.2) is 0 Å². The van der Waals surface area contributed by atoms with Crippen molar-refractivity contribution in [1.82, 2.24) is 5.32 Å². The zero-order valence-corrected chi connectivity index (χ0v) is 20.6. The average molecular weight is 452 g/mol. The van der Waals surface area contributed by atoms with Crippen molar-refractivity contribution < 1.29 is 19.0 Å². The zero-order chi connectivity index (χ0) is 23.6. The van der Waals surface area contributed by atoms with Crippen LogP contribution in [0.2, 0.25) is 0 Å². The Balaban J connectivity index is 1.31. The monoisotopic (exact) mass is 451 g/mol. The highest BCUT2D eigenvalue weighted by Gasteiger charge is 2.27. The maximum absolute atomic E-state index is 12.0. The molecule has 0 radical (unpaired) electrons. The van der Waals surface area contributed by atoms with Gasteiger partial charge >= 0.3 is 6.09 Å². The molecule has 2 aromatic carbocycles. The largest absolute Gasteiger partial charge is 0.490 e. The summed E-state index contributed by atoms with van der Waals surface area (Å²) < 4.78 is 18.1. The van der Waals surface area contributed by atoms with Gasteiger partial charge in [0.2, 0.25) is 0 Å². The summed E-state index contributed by atoms with van der Waals surface area (Å²) in [6, 6.07) is 12.8. The topological polar surface area (TPSA) is 56.8 Å². The summed E-state index contributed by atoms with van der Waals surface area (Å²) in [5.41, 5.74) is 4.65. The average Bonchev–Trinajstić information content (AvgIpc) is 2.74. The third kappa shape index (κ3) is 6.01. The lowest BCUT2D eigenvalue weighted by atomic mass is 9.91. The smallest absolute Gasteiger partial charge is 0.407 e. The molecule has 0 saturated heterocycles. The van der Waals surface area contributed by atoms with Crippen molar-refractivity contribution >= 4 is 6.09 Å². The first-order valence-corrected chi connectivity index (χ1v) is 12.2. The van der Waals surface area contributed by atoms with Gasteiger partial charge in [0, 0.05) is 6.04 Å². The number of amides is 1. The van der Waals surface area contributed by atoms with Crippen molar-refractivity contribution in [2.24, 2.45) is 0 Å². The van der Waals surface area contributed by atoms with Gasteiger partial charge in [0.25, 0.3) is 0 Å². The Morgan fingerprint density at radius 3 is 2.36 bits per heavy atom. The quantitative estimate of drug-likeness (QED) is 0.570. The van der Waals surface area contributed by atoms with Crippen molar-refractivity contribution in [2.75, 3.05) is 0 Å². The van der Waals surface area contributed by atoms with Crippen molar-refractivity contribution in [2.45, 2.75) is 97.0 Å². The molecule has 1 atom stereocenters. The number of alkyl carbamates (subject to hydrolysis) is 1. The number of rotatable bonds is 4. The van der Waals surface area contributed by atoms with Crippen LogP contribution in [0, 0.1) is 13.8 Å². The van der Waals surface area contributed by atoms with Gasteiger partial charge in [-0.25, -0.2) is 4.79 Å². The fraction of sp³-hybridized carbons (Fsp3) is 0.536. The Bertz CT molecular complexity index is 966. The zero-order valence-electron chi connectivity index (χ0n) is 20.6. The predicted molar refractivity (Wildman–Crippen MR) is 130 cm³/mol. The lowest BCUT2D eigenvalue weighted by Crippen LogP contribution is -2.42. The van der Waals surface area contributed by atoms with E-state index in [9.17, 15) is 4.79 Å². The van der Waals surface area contributed by atoms with E-state index in [0.29, 0.717) is 0 Å². The number of hydrogen-bond donors (Lipinski definition) is 1. The maximum atomic E-state index is 12.0. The van der Waals surface area contributed by atoms with Gasteiger partial charge in [0.1, 0.15) is 23.2 Å². The number of hydrogen-bond acceptors (Lipinski definition) is 4. The molecule has 0 aromatic heterocycles. The van der Waals surface area contributed by atoms with Crippen molar-refractivity contribution in [3.05, 3.63) is 58.7 Å². The van der Waals surface area contributed by atoms with Crippen LogP contribution in [0.1, 0.15) is 81.2 Å². The van der Waals surface area contributed by atoms with Crippen LogP contribution < -0.4 is 14.8 Å². The highest BCUT2D eigenvalue weighted by atomic mass is 16.6. The van der Waals surface area contributed by atoms with Gasteiger partial charge in [-0.15, -0.1) is 0 Å². The van der Waals surface area contributed by atoms with Gasteiger partial charge in [0.05, 0.1) is 6.10 Å². The van der Waals surface area contributed by atoms with Gasteiger partial charge in [-0.3, -0.25) is 0 Å². The minimum atomic E-state index is -0.473. The number of fused-ring (bicyclic) bond motifs is 1. The van der Waals surface area contributed by atoms with Crippen LogP contribution in [0.5, 0.6) is 11.5 Å². The van der Waals surface area contributed by atoms with Gasteiger partial charge in [-0.2, -0.15) is 0 Å². The summed E-state index contributed by atoms with van der Waals surface area (Å²) in [6.07, 6.45) is 5.54. The minimum absolute atomic E-state index is 0.109. The maximum Gasteiger partial charge on any atom is 0.407 e. The molecular formula is C28H37NO4. The molecule has 0 spiro atoms. The van der Waals surface area contributed by atoms with E-state index in [1.165, 1.54) is 22.3 Å². The van der Waals surface area contributed by atoms with Crippen LogP contribution in [0.25, 0.3) is 0 Å². The molecule has 2 aromatic rings. The molecule has 5 nitrogen and oxygen atoms in total. The van der Waals surface area contributed by atoms with Crippen molar-refractivity contribution in [1.29, 1.82) is 0 Å². The van der Waals surface area contributed by atoms with E-state index in [1.807, 2.05) is 26.8 Å². The number of aryl methyl sites for hydroxylation is 3. The van der Waals surface area contributed by atoms with E-state index in [2.05, 4.69) is 49.5 Å². The highest BCUT2D eigenvalue weighted by molar-refractivity contribution is 5.68. The number of carbonyl (C=O) groups excluding carboxylic acids is 1. The summed E-state index contributed by atoms with van der Waals surface area (Å²) in [6.45, 7) is 9.96. The molecule has 1 unspecified atom stereocenters. The Morgan fingerprint density at radius 2 is 1.70 bits per heavy atom. The molecule has 1 amide bonds. The number of nitrogens with one attached hydrogen (secondary N) is 1. The molecule has 1 heterocycles. The normalized spacial score (nSPS) is 22.6. The molecule has 178 valence electrons. The first-order valence-electron chi connectivity index (χ1n) is 12.2. The standard InChI is InChI=1S/C28H37NO4/c1-18-7-6-8-19(2)26(18)25-15-9-20-17-23(14-16-24(20)32-25)31-22-12-10-21(11-13-22)29-27(30)33-28(3,4)5/h6-8,14,16-17,21-22,25H,9-13,15H2,1-5H3,(H,29,30)/t21-,22-,25?. The molecule has 4 rings (SSSR count). The van der Waals surface area contributed by atoms with E-state index < -0.39 is 5.60 Å².